The fourth-order valence-electron chi connectivity index (χ4n) is 2.69. The smallest absolute Gasteiger partial charge is 0.216 e. The molecule has 5 nitrogen and oxygen atoms in total. The van der Waals surface area contributed by atoms with Crippen LogP contribution in [0.1, 0.15) is 45.6 Å². The molecular weight excluding hydrogens is 371 g/mol. The number of nitrogens with one attached hydrogen (secondary N) is 2. The summed E-state index contributed by atoms with van der Waals surface area (Å²) in [5, 5.41) is 5.87. The molecule has 0 unspecified atom stereocenters. The highest BCUT2D eigenvalue weighted by molar-refractivity contribution is 5.72. The Bertz CT molecular complexity index is 796. The van der Waals surface area contributed by atoms with Gasteiger partial charge in [-0.05, 0) is 49.1 Å². The van der Waals surface area contributed by atoms with E-state index in [0.29, 0.717) is 36.9 Å². The van der Waals surface area contributed by atoms with Crippen LogP contribution in [0.2, 0.25) is 0 Å². The summed E-state index contributed by atoms with van der Waals surface area (Å²) in [7, 11) is 0. The van der Waals surface area contributed by atoms with Gasteiger partial charge in [0.05, 0.1) is 6.61 Å². The van der Waals surface area contributed by atoms with Gasteiger partial charge >= 0.3 is 0 Å². The number of ether oxygens (including phenoxy) is 2. The van der Waals surface area contributed by atoms with Crippen LogP contribution in [-0.2, 0) is 11.2 Å². The molecule has 158 valence electrons. The Morgan fingerprint density at radius 3 is 2.48 bits per heavy atom. The van der Waals surface area contributed by atoms with E-state index in [1.807, 2.05) is 18.2 Å². The van der Waals surface area contributed by atoms with Gasteiger partial charge in [-0.25, -0.2) is 4.39 Å². The molecule has 2 rings (SSSR count). The van der Waals surface area contributed by atoms with Gasteiger partial charge in [-0.15, -0.1) is 0 Å². The van der Waals surface area contributed by atoms with Crippen molar-refractivity contribution < 1.29 is 18.7 Å². The lowest BCUT2D eigenvalue weighted by Gasteiger charge is -2.15. The van der Waals surface area contributed by atoms with Crippen molar-refractivity contribution in [1.82, 2.24) is 5.32 Å². The minimum atomic E-state index is -0.448. The lowest BCUT2D eigenvalue weighted by molar-refractivity contribution is -0.118. The predicted octanol–water partition coefficient (Wildman–Crippen LogP) is 5.30. The molecule has 0 heterocycles. The zero-order chi connectivity index (χ0) is 21.1. The molecule has 0 spiro atoms. The Morgan fingerprint density at radius 1 is 1.00 bits per heavy atom. The van der Waals surface area contributed by atoms with Crippen molar-refractivity contribution in [3.63, 3.8) is 0 Å². The standard InChI is InChI=1S/C23H31FN2O3/c1-4-6-14-28-23-15-18(5-2)8-10-22(23)29-21-11-9-19(16-20(21)24)26-13-7-12-25-17(3)27/h8-11,15-16,26H,4-7,12-14H2,1-3H3,(H,25,27). The minimum absolute atomic E-state index is 0.0532. The third kappa shape index (κ3) is 7.64. The van der Waals surface area contributed by atoms with Crippen LogP contribution in [0, 0.1) is 5.82 Å². The number of halogens is 1. The summed E-state index contributed by atoms with van der Waals surface area (Å²) in [6.07, 6.45) is 3.63. The van der Waals surface area contributed by atoms with Gasteiger partial charge in [0.2, 0.25) is 5.91 Å². The summed E-state index contributed by atoms with van der Waals surface area (Å²) >= 11 is 0. The quantitative estimate of drug-likeness (QED) is 0.473. The first-order valence-electron chi connectivity index (χ1n) is 10.2. The van der Waals surface area contributed by atoms with Crippen LogP contribution in [-0.4, -0.2) is 25.6 Å². The maximum Gasteiger partial charge on any atom is 0.216 e. The van der Waals surface area contributed by atoms with E-state index in [0.717, 1.165) is 31.2 Å². The van der Waals surface area contributed by atoms with Crippen LogP contribution in [0.4, 0.5) is 10.1 Å². The summed E-state index contributed by atoms with van der Waals surface area (Å²) in [6.45, 7) is 7.48. The number of carbonyl (C=O) groups excluding carboxylic acids is 1. The number of rotatable bonds is 12. The number of aryl methyl sites for hydroxylation is 1. The Morgan fingerprint density at radius 2 is 1.79 bits per heavy atom. The second kappa shape index (κ2) is 11.9. The zero-order valence-corrected chi connectivity index (χ0v) is 17.5. The van der Waals surface area contributed by atoms with Crippen molar-refractivity contribution >= 4 is 11.6 Å². The maximum atomic E-state index is 14.5. The van der Waals surface area contributed by atoms with Crippen molar-refractivity contribution in [3.8, 4) is 17.2 Å². The van der Waals surface area contributed by atoms with Gasteiger partial charge in [-0.2, -0.15) is 0 Å². The van der Waals surface area contributed by atoms with E-state index in [2.05, 4.69) is 24.5 Å². The average Bonchev–Trinajstić information content (AvgIpc) is 2.70. The summed E-state index contributed by atoms with van der Waals surface area (Å²) in [6, 6.07) is 10.5. The van der Waals surface area contributed by atoms with E-state index in [-0.39, 0.29) is 11.7 Å². The summed E-state index contributed by atoms with van der Waals surface area (Å²) in [4.78, 5) is 10.8. The van der Waals surface area contributed by atoms with E-state index in [1.165, 1.54) is 13.0 Å². The Hall–Kier alpha value is -2.76. The first kappa shape index (κ1) is 22.5. The van der Waals surface area contributed by atoms with Crippen molar-refractivity contribution in [2.45, 2.75) is 46.5 Å². The third-order valence-corrected chi connectivity index (χ3v) is 4.38. The first-order valence-corrected chi connectivity index (χ1v) is 10.2. The van der Waals surface area contributed by atoms with Gasteiger partial charge in [-0.3, -0.25) is 4.79 Å². The SMILES string of the molecule is CCCCOc1cc(CC)ccc1Oc1ccc(NCCCNC(C)=O)cc1F. The fraction of sp³-hybridized carbons (Fsp3) is 0.435. The van der Waals surface area contributed by atoms with E-state index >= 15 is 0 Å². The maximum absolute atomic E-state index is 14.5. The number of hydrogen-bond acceptors (Lipinski definition) is 4. The van der Waals surface area contributed by atoms with Crippen molar-refractivity contribution in [2.24, 2.45) is 0 Å². The van der Waals surface area contributed by atoms with Gasteiger partial charge in [0.15, 0.2) is 23.1 Å². The van der Waals surface area contributed by atoms with Crippen molar-refractivity contribution in [3.05, 3.63) is 47.8 Å². The lowest BCUT2D eigenvalue weighted by atomic mass is 10.1. The first-order chi connectivity index (χ1) is 14.0. The molecule has 2 N–H and O–H groups in total. The Kier molecular flexibility index (Phi) is 9.28. The fourth-order valence-corrected chi connectivity index (χ4v) is 2.69. The molecule has 1 amide bonds. The molecule has 0 saturated heterocycles. The van der Waals surface area contributed by atoms with Crippen molar-refractivity contribution in [1.29, 1.82) is 0 Å². The van der Waals surface area contributed by atoms with E-state index in [1.54, 1.807) is 12.1 Å². The number of amides is 1. The lowest BCUT2D eigenvalue weighted by Crippen LogP contribution is -2.22. The molecule has 0 aliphatic heterocycles. The molecule has 0 aromatic heterocycles. The normalized spacial score (nSPS) is 10.5. The second-order valence-electron chi connectivity index (χ2n) is 6.85. The highest BCUT2D eigenvalue weighted by atomic mass is 19.1. The summed E-state index contributed by atoms with van der Waals surface area (Å²) < 4.78 is 26.2. The molecule has 0 saturated carbocycles. The van der Waals surface area contributed by atoms with E-state index in [9.17, 15) is 9.18 Å². The van der Waals surface area contributed by atoms with Crippen LogP contribution >= 0.6 is 0 Å². The molecule has 2 aromatic carbocycles. The van der Waals surface area contributed by atoms with Crippen molar-refractivity contribution in [2.75, 3.05) is 25.0 Å². The molecule has 0 fully saturated rings. The molecule has 29 heavy (non-hydrogen) atoms. The van der Waals surface area contributed by atoms with Gasteiger partial charge in [0.25, 0.3) is 0 Å². The molecule has 0 atom stereocenters. The number of unbranched alkanes of at least 4 members (excludes halogenated alkanes) is 1. The van der Waals surface area contributed by atoms with Crippen LogP contribution in [0.15, 0.2) is 36.4 Å². The van der Waals surface area contributed by atoms with Crippen LogP contribution in [0.3, 0.4) is 0 Å². The van der Waals surface area contributed by atoms with Gasteiger partial charge in [0, 0.05) is 31.8 Å². The van der Waals surface area contributed by atoms with E-state index in [4.69, 9.17) is 9.47 Å². The minimum Gasteiger partial charge on any atom is -0.490 e. The Labute approximate surface area is 172 Å². The largest absolute Gasteiger partial charge is 0.490 e. The van der Waals surface area contributed by atoms with Gasteiger partial charge in [-0.1, -0.05) is 26.3 Å². The highest BCUT2D eigenvalue weighted by Gasteiger charge is 2.11. The molecule has 2 aromatic rings. The number of carbonyl (C=O) groups is 1. The summed E-state index contributed by atoms with van der Waals surface area (Å²) in [5.74, 6) is 0.794. The Balaban J connectivity index is 2.01. The van der Waals surface area contributed by atoms with Crippen LogP contribution < -0.4 is 20.1 Å². The molecule has 0 radical (unpaired) electrons. The predicted molar refractivity (Wildman–Crippen MR) is 114 cm³/mol. The molecular formula is C23H31FN2O3. The zero-order valence-electron chi connectivity index (χ0n) is 17.5. The topological polar surface area (TPSA) is 59.6 Å². The number of hydrogen-bond donors (Lipinski definition) is 2. The third-order valence-electron chi connectivity index (χ3n) is 4.38. The van der Waals surface area contributed by atoms with Crippen LogP contribution in [0.25, 0.3) is 0 Å². The monoisotopic (exact) mass is 402 g/mol. The molecule has 6 heteroatoms. The van der Waals surface area contributed by atoms with Crippen LogP contribution in [0.5, 0.6) is 17.2 Å². The number of anilines is 1. The van der Waals surface area contributed by atoms with E-state index < -0.39 is 5.82 Å². The number of benzene rings is 2. The van der Waals surface area contributed by atoms with Gasteiger partial charge in [0.1, 0.15) is 0 Å². The molecule has 0 aliphatic rings. The highest BCUT2D eigenvalue weighted by Crippen LogP contribution is 2.34. The molecule has 0 aliphatic carbocycles. The van der Waals surface area contributed by atoms with Gasteiger partial charge < -0.3 is 20.1 Å². The average molecular weight is 403 g/mol. The summed E-state index contributed by atoms with van der Waals surface area (Å²) in [5.41, 5.74) is 1.81. The molecule has 0 bridgehead atoms. The second-order valence-corrected chi connectivity index (χ2v) is 6.85.